The number of aliphatic hydroxyl groups excluding tert-OH is 1. The molecule has 0 spiro atoms. The molecule has 5 heterocycles. The maximum Gasteiger partial charge on any atom is 0.153 e. The van der Waals surface area contributed by atoms with Gasteiger partial charge < -0.3 is 5.11 Å². The van der Waals surface area contributed by atoms with Gasteiger partial charge in [0, 0.05) is 23.9 Å². The molecule has 0 bridgehead atoms. The largest absolute Gasteiger partial charge is 0.394 e. The smallest absolute Gasteiger partial charge is 0.153 e. The normalized spacial score (nSPS) is 12.8. The lowest BCUT2D eigenvalue weighted by Gasteiger charge is -2.12. The molecule has 0 fully saturated rings. The van der Waals surface area contributed by atoms with Crippen LogP contribution in [0.15, 0.2) is 59.9 Å². The van der Waals surface area contributed by atoms with E-state index in [1.807, 2.05) is 39.5 Å². The second-order valence-corrected chi connectivity index (χ2v) is 7.69. The van der Waals surface area contributed by atoms with Crippen LogP contribution in [0.1, 0.15) is 24.1 Å². The van der Waals surface area contributed by atoms with E-state index in [1.165, 1.54) is 0 Å². The molecule has 0 aromatic carbocycles. The van der Waals surface area contributed by atoms with E-state index >= 15 is 0 Å². The first-order valence-electron chi connectivity index (χ1n) is 9.25. The van der Waals surface area contributed by atoms with Crippen LogP contribution >= 0.6 is 15.9 Å². The van der Waals surface area contributed by atoms with Gasteiger partial charge in [-0.3, -0.25) is 9.08 Å². The predicted octanol–water partition coefficient (Wildman–Crippen LogP) is 3.15. The second kappa shape index (κ2) is 7.09. The quantitative estimate of drug-likeness (QED) is 0.443. The number of aromatic nitrogens is 7. The van der Waals surface area contributed by atoms with Crippen molar-refractivity contribution in [2.45, 2.75) is 19.4 Å². The first-order valence-corrected chi connectivity index (χ1v) is 10.0. The van der Waals surface area contributed by atoms with Gasteiger partial charge in [0.1, 0.15) is 10.3 Å². The number of rotatable bonds is 5. The van der Waals surface area contributed by atoms with Crippen LogP contribution in [0.5, 0.6) is 0 Å². The predicted molar refractivity (Wildman–Crippen MR) is 112 cm³/mol. The molecule has 1 atom stereocenters. The van der Waals surface area contributed by atoms with Crippen LogP contribution in [-0.4, -0.2) is 45.5 Å². The number of imidazole rings is 2. The molecular weight excluding hydrogens is 434 g/mol. The highest BCUT2D eigenvalue weighted by molar-refractivity contribution is 9.10. The van der Waals surface area contributed by atoms with Crippen LogP contribution < -0.4 is 0 Å². The summed E-state index contributed by atoms with van der Waals surface area (Å²) in [5.74, 6) is 0.0866. The maximum atomic E-state index is 9.09. The highest BCUT2D eigenvalue weighted by Gasteiger charge is 2.17. The average molecular weight is 452 g/mol. The summed E-state index contributed by atoms with van der Waals surface area (Å²) in [4.78, 5) is 8.88. The first-order chi connectivity index (χ1) is 14.1. The Labute approximate surface area is 174 Å². The van der Waals surface area contributed by atoms with Gasteiger partial charge in [0.15, 0.2) is 5.65 Å². The summed E-state index contributed by atoms with van der Waals surface area (Å²) in [7, 11) is 0. The zero-order valence-electron chi connectivity index (χ0n) is 15.6. The molecule has 29 heavy (non-hydrogen) atoms. The third-order valence-electron chi connectivity index (χ3n) is 5.07. The van der Waals surface area contributed by atoms with E-state index in [9.17, 15) is 0 Å². The number of pyridine rings is 1. The Morgan fingerprint density at radius 2 is 1.86 bits per heavy atom. The van der Waals surface area contributed by atoms with Crippen molar-refractivity contribution in [2.24, 2.45) is 0 Å². The maximum absolute atomic E-state index is 9.09. The van der Waals surface area contributed by atoms with Gasteiger partial charge in [-0.2, -0.15) is 10.2 Å². The summed E-state index contributed by atoms with van der Waals surface area (Å²) in [5, 5.41) is 18.2. The standard InChI is InChI=1S/C20H18BrN7O/c1-13(14-2-4-19-23-10-18(21)27(19)12-14)17-9-22-20-5-3-16(25-28(17)20)15-8-24-26(11-15)6-7-29/h2-5,8-13,29H,6-7H2,1H3. The summed E-state index contributed by atoms with van der Waals surface area (Å²) in [6, 6.07) is 7.99. The van der Waals surface area contributed by atoms with E-state index in [0.717, 1.165) is 38.4 Å². The summed E-state index contributed by atoms with van der Waals surface area (Å²) < 4.78 is 6.52. The van der Waals surface area contributed by atoms with E-state index in [2.05, 4.69) is 50.2 Å². The SMILES string of the molecule is CC(c1ccc2ncc(Br)n2c1)c1cnc2ccc(-c3cnn(CCO)c3)nn12. The van der Waals surface area contributed by atoms with Crippen molar-refractivity contribution in [1.29, 1.82) is 0 Å². The highest BCUT2D eigenvalue weighted by atomic mass is 79.9. The molecule has 1 N–H and O–H groups in total. The molecular formula is C20H18BrN7O. The van der Waals surface area contributed by atoms with Crippen molar-refractivity contribution in [1.82, 2.24) is 33.8 Å². The minimum atomic E-state index is 0.0497. The van der Waals surface area contributed by atoms with Crippen LogP contribution in [0.4, 0.5) is 0 Å². The van der Waals surface area contributed by atoms with Crippen molar-refractivity contribution in [3.8, 4) is 11.3 Å². The van der Waals surface area contributed by atoms with Crippen molar-refractivity contribution < 1.29 is 5.11 Å². The lowest BCUT2D eigenvalue weighted by atomic mass is 10.0. The zero-order valence-corrected chi connectivity index (χ0v) is 17.2. The number of nitrogens with zero attached hydrogens (tertiary/aromatic N) is 7. The summed E-state index contributed by atoms with van der Waals surface area (Å²) in [5.41, 5.74) is 5.54. The molecule has 0 amide bonds. The molecule has 0 saturated heterocycles. The van der Waals surface area contributed by atoms with Gasteiger partial charge in [-0.25, -0.2) is 14.5 Å². The number of hydrogen-bond donors (Lipinski definition) is 1. The number of halogens is 1. The molecule has 0 aliphatic rings. The topological polar surface area (TPSA) is 85.5 Å². The first kappa shape index (κ1) is 18.0. The molecule has 0 aliphatic heterocycles. The third kappa shape index (κ3) is 3.12. The van der Waals surface area contributed by atoms with E-state index in [0.29, 0.717) is 6.54 Å². The van der Waals surface area contributed by atoms with Gasteiger partial charge in [0.2, 0.25) is 0 Å². The Hall–Kier alpha value is -3.04. The minimum absolute atomic E-state index is 0.0497. The molecule has 0 radical (unpaired) electrons. The van der Waals surface area contributed by atoms with Gasteiger partial charge in [-0.1, -0.05) is 13.0 Å². The monoisotopic (exact) mass is 451 g/mol. The Balaban J connectivity index is 1.55. The van der Waals surface area contributed by atoms with Crippen molar-refractivity contribution >= 4 is 27.2 Å². The van der Waals surface area contributed by atoms with E-state index in [1.54, 1.807) is 17.1 Å². The van der Waals surface area contributed by atoms with Gasteiger partial charge in [-0.15, -0.1) is 0 Å². The lowest BCUT2D eigenvalue weighted by molar-refractivity contribution is 0.269. The van der Waals surface area contributed by atoms with Crippen LogP contribution in [0.25, 0.3) is 22.6 Å². The minimum Gasteiger partial charge on any atom is -0.394 e. The lowest BCUT2D eigenvalue weighted by Crippen LogP contribution is -2.05. The van der Waals surface area contributed by atoms with E-state index < -0.39 is 0 Å². The fourth-order valence-electron chi connectivity index (χ4n) is 3.45. The number of hydrogen-bond acceptors (Lipinski definition) is 5. The van der Waals surface area contributed by atoms with Crippen molar-refractivity contribution in [3.63, 3.8) is 0 Å². The molecule has 0 aliphatic carbocycles. The van der Waals surface area contributed by atoms with Gasteiger partial charge in [0.05, 0.1) is 43.1 Å². The van der Waals surface area contributed by atoms with Gasteiger partial charge in [-0.05, 0) is 39.7 Å². The van der Waals surface area contributed by atoms with Gasteiger partial charge in [0.25, 0.3) is 0 Å². The van der Waals surface area contributed by atoms with Crippen LogP contribution in [0.3, 0.4) is 0 Å². The fourth-order valence-corrected chi connectivity index (χ4v) is 3.84. The molecule has 146 valence electrons. The average Bonchev–Trinajstić information content (AvgIpc) is 3.46. The molecule has 5 rings (SSSR count). The Bertz CT molecular complexity index is 1320. The fraction of sp³-hybridized carbons (Fsp3) is 0.200. The van der Waals surface area contributed by atoms with E-state index in [-0.39, 0.29) is 12.5 Å². The van der Waals surface area contributed by atoms with Crippen LogP contribution in [0, 0.1) is 0 Å². The number of fused-ring (bicyclic) bond motifs is 2. The summed E-state index contributed by atoms with van der Waals surface area (Å²) >= 11 is 3.53. The molecule has 9 heteroatoms. The molecule has 1 unspecified atom stereocenters. The van der Waals surface area contributed by atoms with Crippen LogP contribution in [-0.2, 0) is 6.54 Å². The Kier molecular flexibility index (Phi) is 4.40. The molecule has 5 aromatic rings. The van der Waals surface area contributed by atoms with Crippen LogP contribution in [0.2, 0.25) is 0 Å². The van der Waals surface area contributed by atoms with Crippen molar-refractivity contribution in [3.05, 3.63) is 71.1 Å². The summed E-state index contributed by atoms with van der Waals surface area (Å²) in [6.45, 7) is 2.65. The zero-order chi connectivity index (χ0) is 20.0. The van der Waals surface area contributed by atoms with E-state index in [4.69, 9.17) is 10.2 Å². The molecule has 0 saturated carbocycles. The summed E-state index contributed by atoms with van der Waals surface area (Å²) in [6.07, 6.45) is 9.39. The second-order valence-electron chi connectivity index (χ2n) is 6.88. The Morgan fingerprint density at radius 3 is 2.72 bits per heavy atom. The highest BCUT2D eigenvalue weighted by Crippen LogP contribution is 2.27. The Morgan fingerprint density at radius 1 is 1.03 bits per heavy atom. The number of aliphatic hydroxyl groups is 1. The van der Waals surface area contributed by atoms with Gasteiger partial charge >= 0.3 is 0 Å². The molecule has 5 aromatic heterocycles. The molecule has 8 nitrogen and oxygen atoms in total. The third-order valence-corrected chi connectivity index (χ3v) is 5.66. The van der Waals surface area contributed by atoms with Crippen molar-refractivity contribution in [2.75, 3.05) is 6.61 Å².